The molecule has 0 aromatic heterocycles. The van der Waals surface area contributed by atoms with Crippen molar-refractivity contribution in [3.63, 3.8) is 0 Å². The van der Waals surface area contributed by atoms with Gasteiger partial charge in [0.2, 0.25) is 0 Å². The van der Waals surface area contributed by atoms with Crippen molar-refractivity contribution in [1.29, 1.82) is 0 Å². The van der Waals surface area contributed by atoms with E-state index in [-0.39, 0.29) is 0 Å². The molecule has 1 rings (SSSR count). The molecular weight excluding hydrogens is 258 g/mol. The normalized spacial score (nSPS) is 11.5. The van der Waals surface area contributed by atoms with Crippen LogP contribution in [0.3, 0.4) is 0 Å². The quantitative estimate of drug-likeness (QED) is 0.634. The lowest BCUT2D eigenvalue weighted by Gasteiger charge is -2.25. The molecule has 0 heterocycles. The number of hydrogen-bond acceptors (Lipinski definition) is 2. The van der Waals surface area contributed by atoms with Crippen LogP contribution in [0, 0.1) is 18.8 Å². The molecule has 0 aliphatic heterocycles. The van der Waals surface area contributed by atoms with Gasteiger partial charge < -0.3 is 10.1 Å². The van der Waals surface area contributed by atoms with Gasteiger partial charge in [0.05, 0.1) is 12.3 Å². The topological polar surface area (TPSA) is 21.3 Å². The lowest BCUT2D eigenvalue weighted by Crippen LogP contribution is -2.24. The van der Waals surface area contributed by atoms with Gasteiger partial charge in [0.15, 0.2) is 0 Å². The fourth-order valence-electron chi connectivity index (χ4n) is 2.65. The van der Waals surface area contributed by atoms with Crippen LogP contribution in [-0.4, -0.2) is 12.6 Å². The summed E-state index contributed by atoms with van der Waals surface area (Å²) >= 11 is 0. The van der Waals surface area contributed by atoms with Gasteiger partial charge in [-0.3, -0.25) is 0 Å². The Labute approximate surface area is 131 Å². The second-order valence-corrected chi connectivity index (χ2v) is 6.95. The smallest absolute Gasteiger partial charge is 0.142 e. The minimum absolute atomic E-state index is 0.511. The Hall–Kier alpha value is -1.18. The highest BCUT2D eigenvalue weighted by Gasteiger charge is 2.15. The first-order chi connectivity index (χ1) is 9.92. The molecule has 0 atom stereocenters. The second kappa shape index (κ2) is 8.96. The van der Waals surface area contributed by atoms with E-state index in [9.17, 15) is 0 Å². The van der Waals surface area contributed by atoms with Crippen molar-refractivity contribution in [1.82, 2.24) is 0 Å². The lowest BCUT2D eigenvalue weighted by atomic mass is 9.95. The van der Waals surface area contributed by atoms with Gasteiger partial charge in [-0.05, 0) is 55.7 Å². The Kier molecular flexibility index (Phi) is 7.63. The van der Waals surface area contributed by atoms with Gasteiger partial charge in [0.25, 0.3) is 0 Å². The molecule has 0 spiro atoms. The molecule has 0 unspecified atom stereocenters. The van der Waals surface area contributed by atoms with Gasteiger partial charge in [0.1, 0.15) is 5.75 Å². The Morgan fingerprint density at radius 1 is 1.05 bits per heavy atom. The Bertz CT molecular complexity index is 402. The molecule has 0 aliphatic rings. The number of nitrogens with one attached hydrogen (secondary N) is 1. The molecule has 0 aliphatic carbocycles. The minimum atomic E-state index is 0.511. The maximum atomic E-state index is 5.92. The van der Waals surface area contributed by atoms with Crippen LogP contribution in [0.4, 0.5) is 5.69 Å². The van der Waals surface area contributed by atoms with Crippen molar-refractivity contribution in [2.75, 3.05) is 11.9 Å². The molecule has 1 aromatic rings. The first-order valence-electron chi connectivity index (χ1n) is 8.42. The summed E-state index contributed by atoms with van der Waals surface area (Å²) in [5.41, 5.74) is 2.39. The number of hydrogen-bond donors (Lipinski definition) is 1. The molecule has 1 N–H and O–H groups in total. The Balaban J connectivity index is 2.85. The van der Waals surface area contributed by atoms with Crippen molar-refractivity contribution in [2.24, 2.45) is 11.8 Å². The third kappa shape index (κ3) is 6.88. The largest absolute Gasteiger partial charge is 0.491 e. The van der Waals surface area contributed by atoms with E-state index in [1.54, 1.807) is 0 Å². The molecule has 1 aromatic carbocycles. The summed E-state index contributed by atoms with van der Waals surface area (Å²) in [6.07, 6.45) is 3.42. The molecule has 0 radical (unpaired) electrons. The number of ether oxygens (including phenoxy) is 1. The Morgan fingerprint density at radius 2 is 1.67 bits per heavy atom. The maximum Gasteiger partial charge on any atom is 0.142 e. The summed E-state index contributed by atoms with van der Waals surface area (Å²) in [6, 6.07) is 6.97. The highest BCUT2D eigenvalue weighted by Crippen LogP contribution is 2.29. The van der Waals surface area contributed by atoms with E-state index in [0.717, 1.165) is 24.5 Å². The van der Waals surface area contributed by atoms with E-state index in [1.807, 2.05) is 0 Å². The Morgan fingerprint density at radius 3 is 2.19 bits per heavy atom. The summed E-state index contributed by atoms with van der Waals surface area (Å²) in [5.74, 6) is 2.40. The van der Waals surface area contributed by atoms with Crippen LogP contribution < -0.4 is 10.1 Å². The predicted octanol–water partition coefficient (Wildman–Crippen LogP) is 5.66. The van der Waals surface area contributed by atoms with Gasteiger partial charge in [-0.1, -0.05) is 40.7 Å². The molecule has 21 heavy (non-hydrogen) atoms. The summed E-state index contributed by atoms with van der Waals surface area (Å²) in [6.45, 7) is 14.2. The van der Waals surface area contributed by atoms with Gasteiger partial charge in [0, 0.05) is 6.04 Å². The van der Waals surface area contributed by atoms with Crippen molar-refractivity contribution >= 4 is 5.69 Å². The van der Waals surface area contributed by atoms with Crippen LogP contribution in [0.1, 0.15) is 59.4 Å². The first-order valence-corrected chi connectivity index (χ1v) is 8.42. The van der Waals surface area contributed by atoms with Crippen LogP contribution in [0.15, 0.2) is 18.2 Å². The van der Waals surface area contributed by atoms with Crippen molar-refractivity contribution in [3.05, 3.63) is 23.8 Å². The van der Waals surface area contributed by atoms with E-state index in [4.69, 9.17) is 4.74 Å². The number of aryl methyl sites for hydroxylation is 1. The number of rotatable bonds is 9. The molecule has 0 saturated heterocycles. The van der Waals surface area contributed by atoms with E-state index < -0.39 is 0 Å². The second-order valence-electron chi connectivity index (χ2n) is 6.95. The standard InChI is InChI=1S/C19H33NO/c1-7-10-21-19-13-16(6)8-9-18(19)20-17(11-14(2)3)12-15(4)5/h8-9,13-15,17,20H,7,10-12H2,1-6H3. The van der Waals surface area contributed by atoms with Crippen molar-refractivity contribution in [2.45, 2.75) is 66.8 Å². The monoisotopic (exact) mass is 291 g/mol. The highest BCUT2D eigenvalue weighted by atomic mass is 16.5. The van der Waals surface area contributed by atoms with E-state index >= 15 is 0 Å². The number of benzene rings is 1. The molecule has 0 saturated carbocycles. The van der Waals surface area contributed by atoms with Crippen LogP contribution in [0.2, 0.25) is 0 Å². The third-order valence-electron chi connectivity index (χ3n) is 3.47. The molecule has 2 nitrogen and oxygen atoms in total. The molecule has 0 bridgehead atoms. The van der Waals surface area contributed by atoms with Crippen LogP contribution >= 0.6 is 0 Å². The summed E-state index contributed by atoms with van der Waals surface area (Å²) in [7, 11) is 0. The molecular formula is C19H33NO. The van der Waals surface area contributed by atoms with Crippen molar-refractivity contribution < 1.29 is 4.74 Å². The number of anilines is 1. The van der Waals surface area contributed by atoms with Crippen LogP contribution in [-0.2, 0) is 0 Å². The summed E-state index contributed by atoms with van der Waals surface area (Å²) in [4.78, 5) is 0. The minimum Gasteiger partial charge on any atom is -0.491 e. The average molecular weight is 291 g/mol. The fourth-order valence-corrected chi connectivity index (χ4v) is 2.65. The third-order valence-corrected chi connectivity index (χ3v) is 3.47. The maximum absolute atomic E-state index is 5.92. The zero-order valence-corrected chi connectivity index (χ0v) is 14.7. The van der Waals surface area contributed by atoms with Gasteiger partial charge >= 0.3 is 0 Å². The summed E-state index contributed by atoms with van der Waals surface area (Å²) in [5, 5.41) is 3.72. The van der Waals surface area contributed by atoms with E-state index in [1.165, 1.54) is 18.4 Å². The van der Waals surface area contributed by atoms with Gasteiger partial charge in [-0.2, -0.15) is 0 Å². The predicted molar refractivity (Wildman–Crippen MR) is 93.3 cm³/mol. The zero-order valence-electron chi connectivity index (χ0n) is 14.7. The molecule has 0 amide bonds. The average Bonchev–Trinajstić information content (AvgIpc) is 2.37. The zero-order chi connectivity index (χ0) is 15.8. The summed E-state index contributed by atoms with van der Waals surface area (Å²) < 4.78 is 5.92. The molecule has 0 fully saturated rings. The van der Waals surface area contributed by atoms with Crippen LogP contribution in [0.5, 0.6) is 5.75 Å². The molecule has 120 valence electrons. The fraction of sp³-hybridized carbons (Fsp3) is 0.684. The van der Waals surface area contributed by atoms with E-state index in [2.05, 4.69) is 65.1 Å². The SMILES string of the molecule is CCCOc1cc(C)ccc1NC(CC(C)C)CC(C)C. The lowest BCUT2D eigenvalue weighted by molar-refractivity contribution is 0.318. The van der Waals surface area contributed by atoms with Crippen LogP contribution in [0.25, 0.3) is 0 Å². The van der Waals surface area contributed by atoms with Gasteiger partial charge in [-0.25, -0.2) is 0 Å². The molecule has 2 heteroatoms. The van der Waals surface area contributed by atoms with E-state index in [0.29, 0.717) is 17.9 Å². The van der Waals surface area contributed by atoms with Crippen molar-refractivity contribution in [3.8, 4) is 5.75 Å². The highest BCUT2D eigenvalue weighted by molar-refractivity contribution is 5.58. The first kappa shape index (κ1) is 17.9. The van der Waals surface area contributed by atoms with Gasteiger partial charge in [-0.15, -0.1) is 0 Å².